The molecule has 0 aliphatic rings. The average Bonchev–Trinajstić information content (AvgIpc) is 2.40. The van der Waals surface area contributed by atoms with Crippen LogP contribution in [0.25, 0.3) is 0 Å². The second-order valence-electron chi connectivity index (χ2n) is 4.46. The Morgan fingerprint density at radius 1 is 0.789 bits per heavy atom. The molecule has 19 heavy (non-hydrogen) atoms. The van der Waals surface area contributed by atoms with Crippen molar-refractivity contribution in [1.82, 2.24) is 0 Å². The van der Waals surface area contributed by atoms with E-state index in [-0.39, 0.29) is 0 Å². The third-order valence-electron chi connectivity index (χ3n) is 2.93. The molecule has 0 heterocycles. The van der Waals surface area contributed by atoms with Crippen LogP contribution in [0.15, 0.2) is 60.7 Å². The van der Waals surface area contributed by atoms with Crippen LogP contribution >= 0.6 is 0 Å². The second-order valence-corrected chi connectivity index (χ2v) is 11.1. The van der Waals surface area contributed by atoms with Gasteiger partial charge in [-0.2, -0.15) is 0 Å². The van der Waals surface area contributed by atoms with Crippen molar-refractivity contribution in [2.75, 3.05) is 0 Å². The first-order valence-corrected chi connectivity index (χ1v) is 12.3. The number of hydrogen-bond donors (Lipinski definition) is 2. The molecule has 0 atom stereocenters. The second kappa shape index (κ2) is 7.70. The summed E-state index contributed by atoms with van der Waals surface area (Å²) in [6.07, 6.45) is 0. The molecule has 3 nitrogen and oxygen atoms in total. The molecule has 0 radical (unpaired) electrons. The Kier molecular flexibility index (Phi) is 5.91. The van der Waals surface area contributed by atoms with Gasteiger partial charge in [-0.25, -0.2) is 0 Å². The normalized spacial score (nSPS) is 10.7. The third-order valence-corrected chi connectivity index (χ3v) is 10.0. The molecule has 0 saturated heterocycles. The van der Waals surface area contributed by atoms with E-state index >= 15 is 0 Å². The molecule has 0 spiro atoms. The summed E-state index contributed by atoms with van der Waals surface area (Å²) in [5.41, 5.74) is 2.42. The molecule has 2 aromatic rings. The van der Waals surface area contributed by atoms with Crippen LogP contribution in [0.5, 0.6) is 0 Å². The van der Waals surface area contributed by atoms with E-state index in [0.29, 0.717) is 0 Å². The van der Waals surface area contributed by atoms with Gasteiger partial charge in [-0.05, 0) is 0 Å². The summed E-state index contributed by atoms with van der Waals surface area (Å²) in [6.45, 7) is 0. The van der Waals surface area contributed by atoms with Gasteiger partial charge in [-0.3, -0.25) is 0 Å². The molecule has 2 N–H and O–H groups in total. The van der Waals surface area contributed by atoms with E-state index < -0.39 is 27.5 Å². The first-order chi connectivity index (χ1) is 9.24. The molecule has 0 saturated carbocycles. The summed E-state index contributed by atoms with van der Waals surface area (Å²) in [4.78, 5) is 0. The molecule has 0 amide bonds. The van der Waals surface area contributed by atoms with Gasteiger partial charge < -0.3 is 0 Å². The molecule has 0 aliphatic carbocycles. The van der Waals surface area contributed by atoms with Gasteiger partial charge >= 0.3 is 121 Å². The molecule has 0 aromatic heterocycles. The molecule has 0 bridgehead atoms. The SMILES string of the molecule is OB(O)[O][SnH]([CH2]c1ccccc1)[CH2]c1ccccc1. The molecular formula is C14H17BO3Sn. The first kappa shape index (κ1) is 14.6. The summed E-state index contributed by atoms with van der Waals surface area (Å²) >= 11 is -2.51. The van der Waals surface area contributed by atoms with Gasteiger partial charge in [0, 0.05) is 0 Å². The first-order valence-electron chi connectivity index (χ1n) is 6.33. The van der Waals surface area contributed by atoms with E-state index in [1.54, 1.807) is 0 Å². The molecule has 2 aromatic carbocycles. The minimum absolute atomic E-state index is 0.856. The average molecular weight is 363 g/mol. The van der Waals surface area contributed by atoms with Crippen LogP contribution in [0.1, 0.15) is 11.1 Å². The molecule has 98 valence electrons. The Balaban J connectivity index is 2.03. The Labute approximate surface area is 121 Å². The zero-order valence-corrected chi connectivity index (χ0v) is 13.9. The summed E-state index contributed by atoms with van der Waals surface area (Å²) in [7, 11) is -1.65. The van der Waals surface area contributed by atoms with Crippen molar-refractivity contribution in [3.63, 3.8) is 0 Å². The van der Waals surface area contributed by atoms with Gasteiger partial charge in [0.1, 0.15) is 0 Å². The fourth-order valence-electron chi connectivity index (χ4n) is 2.09. The molecular weight excluding hydrogens is 346 g/mol. The van der Waals surface area contributed by atoms with Crippen molar-refractivity contribution in [3.8, 4) is 0 Å². The van der Waals surface area contributed by atoms with Gasteiger partial charge in [-0.1, -0.05) is 0 Å². The predicted octanol–water partition coefficient (Wildman–Crippen LogP) is 1.26. The van der Waals surface area contributed by atoms with Crippen molar-refractivity contribution in [1.29, 1.82) is 0 Å². The fourth-order valence-corrected chi connectivity index (χ4v) is 8.59. The minimum atomic E-state index is -2.51. The Morgan fingerprint density at radius 2 is 1.21 bits per heavy atom. The van der Waals surface area contributed by atoms with Crippen LogP contribution in [0, 0.1) is 0 Å². The van der Waals surface area contributed by atoms with Crippen molar-refractivity contribution in [3.05, 3.63) is 71.8 Å². The predicted molar refractivity (Wildman–Crippen MR) is 78.7 cm³/mol. The van der Waals surface area contributed by atoms with Crippen molar-refractivity contribution in [2.24, 2.45) is 0 Å². The Bertz CT molecular complexity index is 437. The zero-order chi connectivity index (χ0) is 13.5. The topological polar surface area (TPSA) is 49.7 Å². The van der Waals surface area contributed by atoms with E-state index in [1.807, 2.05) is 36.4 Å². The Morgan fingerprint density at radius 3 is 1.58 bits per heavy atom. The molecule has 0 aliphatic heterocycles. The molecule has 5 heteroatoms. The van der Waals surface area contributed by atoms with Gasteiger partial charge in [0.15, 0.2) is 0 Å². The van der Waals surface area contributed by atoms with Gasteiger partial charge in [0.25, 0.3) is 0 Å². The summed E-state index contributed by atoms with van der Waals surface area (Å²) in [6, 6.07) is 20.2. The van der Waals surface area contributed by atoms with E-state index in [0.717, 1.165) is 8.87 Å². The maximum atomic E-state index is 9.06. The maximum absolute atomic E-state index is 9.06. The molecule has 0 unspecified atom stereocenters. The molecule has 0 fully saturated rings. The van der Waals surface area contributed by atoms with E-state index in [9.17, 15) is 0 Å². The quantitative estimate of drug-likeness (QED) is 0.761. The van der Waals surface area contributed by atoms with Gasteiger partial charge in [0.05, 0.1) is 0 Å². The van der Waals surface area contributed by atoms with Crippen LogP contribution in [0.2, 0.25) is 0 Å². The molecule has 2 rings (SSSR count). The third kappa shape index (κ3) is 5.36. The van der Waals surface area contributed by atoms with Crippen LogP contribution in [-0.2, 0) is 11.9 Å². The van der Waals surface area contributed by atoms with Crippen LogP contribution < -0.4 is 0 Å². The van der Waals surface area contributed by atoms with E-state index in [1.165, 1.54) is 11.1 Å². The summed E-state index contributed by atoms with van der Waals surface area (Å²) < 4.78 is 7.09. The number of rotatable bonds is 6. The zero-order valence-electron chi connectivity index (χ0n) is 10.6. The van der Waals surface area contributed by atoms with Crippen molar-refractivity contribution in [2.45, 2.75) is 8.87 Å². The van der Waals surface area contributed by atoms with Crippen LogP contribution in [-0.4, -0.2) is 37.5 Å². The monoisotopic (exact) mass is 364 g/mol. The van der Waals surface area contributed by atoms with E-state index in [2.05, 4.69) is 24.3 Å². The number of hydrogen-bond acceptors (Lipinski definition) is 3. The summed E-state index contributed by atoms with van der Waals surface area (Å²) in [5.74, 6) is 0. The van der Waals surface area contributed by atoms with Crippen LogP contribution in [0.3, 0.4) is 0 Å². The number of benzene rings is 2. The van der Waals surface area contributed by atoms with E-state index in [4.69, 9.17) is 13.0 Å². The summed E-state index contributed by atoms with van der Waals surface area (Å²) in [5, 5.41) is 18.1. The van der Waals surface area contributed by atoms with Crippen molar-refractivity contribution >= 4 is 27.5 Å². The van der Waals surface area contributed by atoms with Gasteiger partial charge in [-0.15, -0.1) is 0 Å². The Hall–Kier alpha value is -0.816. The fraction of sp³-hybridized carbons (Fsp3) is 0.143. The van der Waals surface area contributed by atoms with Crippen LogP contribution in [0.4, 0.5) is 0 Å². The standard InChI is InChI=1S/2C7H7.BH2O3.Sn.H/c2*1-7-5-3-2-4-6-7;2-1(3)4;;/h2*2-6H,1H2;2-3H;;/q;;-1;+1;. The van der Waals surface area contributed by atoms with Gasteiger partial charge in [0.2, 0.25) is 0 Å². The van der Waals surface area contributed by atoms with Crippen molar-refractivity contribution < 1.29 is 13.0 Å².